The molecule has 0 bridgehead atoms. The van der Waals surface area contributed by atoms with Crippen LogP contribution in [-0.2, 0) is 0 Å². The standard InChI is InChI=1S/C12H24N4O/c1-6-12(4,5)8-14-11-16-15-10(17-11)9(3)13-7-2/h9,13H,6-8H2,1-5H3,(H,14,16). The van der Waals surface area contributed by atoms with Gasteiger partial charge >= 0.3 is 6.01 Å². The van der Waals surface area contributed by atoms with Crippen molar-refractivity contribution in [1.29, 1.82) is 0 Å². The topological polar surface area (TPSA) is 63.0 Å². The molecule has 0 aliphatic carbocycles. The highest BCUT2D eigenvalue weighted by Gasteiger charge is 2.17. The Hall–Kier alpha value is -1.10. The normalized spacial score (nSPS) is 13.7. The van der Waals surface area contributed by atoms with Crippen LogP contribution in [0.4, 0.5) is 6.01 Å². The molecule has 1 atom stereocenters. The van der Waals surface area contributed by atoms with Crippen molar-refractivity contribution < 1.29 is 4.42 Å². The summed E-state index contributed by atoms with van der Waals surface area (Å²) in [6.07, 6.45) is 1.11. The fraction of sp³-hybridized carbons (Fsp3) is 0.833. The zero-order valence-electron chi connectivity index (χ0n) is 11.5. The first-order valence-corrected chi connectivity index (χ1v) is 6.29. The number of hydrogen-bond acceptors (Lipinski definition) is 5. The lowest BCUT2D eigenvalue weighted by Crippen LogP contribution is -2.22. The summed E-state index contributed by atoms with van der Waals surface area (Å²) < 4.78 is 5.54. The molecular weight excluding hydrogens is 216 g/mol. The zero-order chi connectivity index (χ0) is 12.9. The number of nitrogens with zero attached hydrogens (tertiary/aromatic N) is 2. The molecule has 0 saturated carbocycles. The minimum Gasteiger partial charge on any atom is -0.406 e. The monoisotopic (exact) mass is 240 g/mol. The summed E-state index contributed by atoms with van der Waals surface area (Å²) in [5.74, 6) is 0.628. The lowest BCUT2D eigenvalue weighted by atomic mass is 9.90. The van der Waals surface area contributed by atoms with Crippen LogP contribution in [0, 0.1) is 5.41 Å². The fourth-order valence-corrected chi connectivity index (χ4v) is 1.31. The Labute approximate surface area is 103 Å². The molecule has 0 spiro atoms. The van der Waals surface area contributed by atoms with E-state index >= 15 is 0 Å². The molecule has 1 rings (SSSR count). The minimum absolute atomic E-state index is 0.0993. The van der Waals surface area contributed by atoms with Gasteiger partial charge in [0.2, 0.25) is 5.89 Å². The Bertz CT molecular complexity index is 335. The molecule has 0 fully saturated rings. The number of rotatable bonds is 7. The van der Waals surface area contributed by atoms with Crippen LogP contribution < -0.4 is 10.6 Å². The molecule has 0 saturated heterocycles. The lowest BCUT2D eigenvalue weighted by Gasteiger charge is -2.21. The van der Waals surface area contributed by atoms with E-state index < -0.39 is 0 Å². The molecule has 1 unspecified atom stereocenters. The highest BCUT2D eigenvalue weighted by molar-refractivity contribution is 5.18. The molecule has 5 nitrogen and oxygen atoms in total. The average molecular weight is 240 g/mol. The molecular formula is C12H24N4O. The van der Waals surface area contributed by atoms with Crippen molar-refractivity contribution in [3.05, 3.63) is 5.89 Å². The van der Waals surface area contributed by atoms with Gasteiger partial charge in [-0.2, -0.15) is 0 Å². The van der Waals surface area contributed by atoms with Crippen LogP contribution in [0.5, 0.6) is 0 Å². The van der Waals surface area contributed by atoms with Gasteiger partial charge < -0.3 is 15.1 Å². The minimum atomic E-state index is 0.0993. The summed E-state index contributed by atoms with van der Waals surface area (Å²) in [5.41, 5.74) is 0.238. The molecule has 0 aromatic carbocycles. The SMILES string of the molecule is CCNC(C)c1nnc(NCC(C)(C)CC)o1. The average Bonchev–Trinajstić information content (AvgIpc) is 2.76. The summed E-state index contributed by atoms with van der Waals surface area (Å²) >= 11 is 0. The summed E-state index contributed by atoms with van der Waals surface area (Å²) in [6, 6.07) is 0.605. The summed E-state index contributed by atoms with van der Waals surface area (Å²) in [6.45, 7) is 12.4. The van der Waals surface area contributed by atoms with Gasteiger partial charge in [0, 0.05) is 6.54 Å². The van der Waals surface area contributed by atoms with Crippen molar-refractivity contribution in [2.45, 2.75) is 47.1 Å². The van der Waals surface area contributed by atoms with Gasteiger partial charge in [0.15, 0.2) is 0 Å². The Kier molecular flexibility index (Phi) is 4.93. The van der Waals surface area contributed by atoms with Crippen molar-refractivity contribution >= 4 is 6.01 Å². The van der Waals surface area contributed by atoms with E-state index in [2.05, 4.69) is 48.5 Å². The summed E-state index contributed by atoms with van der Waals surface area (Å²) in [5, 5.41) is 14.4. The zero-order valence-corrected chi connectivity index (χ0v) is 11.5. The predicted molar refractivity (Wildman–Crippen MR) is 69.0 cm³/mol. The highest BCUT2D eigenvalue weighted by atomic mass is 16.4. The third-order valence-corrected chi connectivity index (χ3v) is 3.00. The first-order chi connectivity index (χ1) is 7.98. The Morgan fingerprint density at radius 3 is 2.59 bits per heavy atom. The van der Waals surface area contributed by atoms with E-state index in [0.717, 1.165) is 19.5 Å². The Morgan fingerprint density at radius 1 is 1.29 bits per heavy atom. The van der Waals surface area contributed by atoms with Crippen LogP contribution in [-0.4, -0.2) is 23.3 Å². The van der Waals surface area contributed by atoms with Crippen molar-refractivity contribution in [2.24, 2.45) is 5.41 Å². The van der Waals surface area contributed by atoms with Crippen molar-refractivity contribution in [3.63, 3.8) is 0 Å². The Morgan fingerprint density at radius 2 is 2.00 bits per heavy atom. The molecule has 1 aromatic heterocycles. The fourth-order valence-electron chi connectivity index (χ4n) is 1.31. The summed E-state index contributed by atoms with van der Waals surface area (Å²) in [4.78, 5) is 0. The van der Waals surface area contributed by atoms with Crippen LogP contribution in [0.2, 0.25) is 0 Å². The van der Waals surface area contributed by atoms with E-state index in [1.54, 1.807) is 0 Å². The van der Waals surface area contributed by atoms with Gasteiger partial charge in [-0.3, -0.25) is 0 Å². The molecule has 98 valence electrons. The lowest BCUT2D eigenvalue weighted by molar-refractivity contribution is 0.368. The third-order valence-electron chi connectivity index (χ3n) is 3.00. The third kappa shape index (κ3) is 4.34. The quantitative estimate of drug-likeness (QED) is 0.767. The van der Waals surface area contributed by atoms with Gasteiger partial charge in [0.1, 0.15) is 0 Å². The maximum absolute atomic E-state index is 5.54. The molecule has 0 aliphatic rings. The van der Waals surface area contributed by atoms with Crippen LogP contribution in [0.1, 0.15) is 53.0 Å². The highest BCUT2D eigenvalue weighted by Crippen LogP contribution is 2.20. The maximum atomic E-state index is 5.54. The second-order valence-corrected chi connectivity index (χ2v) is 5.10. The first-order valence-electron chi connectivity index (χ1n) is 6.29. The molecule has 2 N–H and O–H groups in total. The number of nitrogens with one attached hydrogen (secondary N) is 2. The van der Waals surface area contributed by atoms with E-state index in [0.29, 0.717) is 11.9 Å². The number of anilines is 1. The smallest absolute Gasteiger partial charge is 0.315 e. The van der Waals surface area contributed by atoms with Crippen LogP contribution in [0.3, 0.4) is 0 Å². The van der Waals surface area contributed by atoms with Gasteiger partial charge in [0.05, 0.1) is 6.04 Å². The second kappa shape index (κ2) is 6.00. The van der Waals surface area contributed by atoms with E-state index in [1.165, 1.54) is 0 Å². The molecule has 1 heterocycles. The number of hydrogen-bond donors (Lipinski definition) is 2. The molecule has 0 amide bonds. The molecule has 5 heteroatoms. The summed E-state index contributed by atoms with van der Waals surface area (Å²) in [7, 11) is 0. The van der Waals surface area contributed by atoms with Gasteiger partial charge in [-0.05, 0) is 25.3 Å². The maximum Gasteiger partial charge on any atom is 0.315 e. The molecule has 0 radical (unpaired) electrons. The largest absolute Gasteiger partial charge is 0.406 e. The van der Waals surface area contributed by atoms with Gasteiger partial charge in [-0.15, -0.1) is 5.10 Å². The molecule has 0 aliphatic heterocycles. The van der Waals surface area contributed by atoms with E-state index in [-0.39, 0.29) is 11.5 Å². The van der Waals surface area contributed by atoms with Crippen molar-refractivity contribution in [3.8, 4) is 0 Å². The predicted octanol–water partition coefficient (Wildman–Crippen LogP) is 2.59. The molecule has 17 heavy (non-hydrogen) atoms. The molecule has 1 aromatic rings. The van der Waals surface area contributed by atoms with Crippen LogP contribution in [0.15, 0.2) is 4.42 Å². The van der Waals surface area contributed by atoms with Crippen molar-refractivity contribution in [2.75, 3.05) is 18.4 Å². The van der Waals surface area contributed by atoms with Gasteiger partial charge in [0.25, 0.3) is 0 Å². The van der Waals surface area contributed by atoms with E-state index in [1.807, 2.05) is 6.92 Å². The first kappa shape index (κ1) is 14.0. The van der Waals surface area contributed by atoms with Crippen molar-refractivity contribution in [1.82, 2.24) is 15.5 Å². The second-order valence-electron chi connectivity index (χ2n) is 5.10. The van der Waals surface area contributed by atoms with E-state index in [9.17, 15) is 0 Å². The van der Waals surface area contributed by atoms with Gasteiger partial charge in [-0.1, -0.05) is 32.8 Å². The number of aromatic nitrogens is 2. The van der Waals surface area contributed by atoms with Crippen LogP contribution >= 0.6 is 0 Å². The van der Waals surface area contributed by atoms with Crippen LogP contribution in [0.25, 0.3) is 0 Å². The Balaban J connectivity index is 2.51. The van der Waals surface area contributed by atoms with E-state index in [4.69, 9.17) is 4.42 Å². The van der Waals surface area contributed by atoms with Gasteiger partial charge in [-0.25, -0.2) is 0 Å².